The zero-order valence-corrected chi connectivity index (χ0v) is 12.1. The second-order valence-electron chi connectivity index (χ2n) is 4.40. The van der Waals surface area contributed by atoms with E-state index in [1.165, 1.54) is 5.57 Å². The van der Waals surface area contributed by atoms with Gasteiger partial charge >= 0.3 is 0 Å². The predicted octanol–water partition coefficient (Wildman–Crippen LogP) is 3.70. The molecule has 2 rings (SSSR count). The van der Waals surface area contributed by atoms with Gasteiger partial charge in [0, 0.05) is 5.33 Å². The number of hydrogen-bond acceptors (Lipinski definition) is 2. The highest BCUT2D eigenvalue weighted by Gasteiger charge is 2.05. The van der Waals surface area contributed by atoms with Gasteiger partial charge in [-0.05, 0) is 24.1 Å². The summed E-state index contributed by atoms with van der Waals surface area (Å²) in [6.07, 6.45) is 3.88. The van der Waals surface area contributed by atoms with Crippen LogP contribution in [0.4, 0.5) is 0 Å². The van der Waals surface area contributed by atoms with E-state index < -0.39 is 0 Å². The lowest BCUT2D eigenvalue weighted by molar-refractivity contribution is 0.748. The fraction of sp³-hybridized carbons (Fsp3) is 0.286. The van der Waals surface area contributed by atoms with Crippen LogP contribution in [0.1, 0.15) is 19.5 Å². The molecule has 18 heavy (non-hydrogen) atoms. The predicted molar refractivity (Wildman–Crippen MR) is 78.0 cm³/mol. The van der Waals surface area contributed by atoms with E-state index in [4.69, 9.17) is 0 Å². The van der Waals surface area contributed by atoms with Crippen molar-refractivity contribution >= 4 is 22.0 Å². The van der Waals surface area contributed by atoms with Crippen molar-refractivity contribution in [3.63, 3.8) is 0 Å². The topological polar surface area (TPSA) is 30.7 Å². The van der Waals surface area contributed by atoms with E-state index in [-0.39, 0.29) is 0 Å². The molecule has 94 valence electrons. The van der Waals surface area contributed by atoms with Crippen LogP contribution >= 0.6 is 15.9 Å². The number of allylic oxidation sites excluding steroid dienone is 1. The minimum atomic E-state index is 0.506. The van der Waals surface area contributed by atoms with E-state index in [2.05, 4.69) is 46.1 Å². The standard InChI is InChI=1S/C14H16BrN3/c1-11(2)12(9-15)8-13-10-16-18(17-13)14-6-4-3-5-7-14/h3-8,10-11H,9H2,1-2H3. The summed E-state index contributed by atoms with van der Waals surface area (Å²) in [5.74, 6) is 0.506. The van der Waals surface area contributed by atoms with Crippen molar-refractivity contribution in [1.29, 1.82) is 0 Å². The van der Waals surface area contributed by atoms with Gasteiger partial charge in [0.15, 0.2) is 0 Å². The molecule has 0 aliphatic carbocycles. The zero-order chi connectivity index (χ0) is 13.0. The Morgan fingerprint density at radius 2 is 2.06 bits per heavy atom. The van der Waals surface area contributed by atoms with Crippen molar-refractivity contribution < 1.29 is 0 Å². The minimum Gasteiger partial charge on any atom is -0.156 e. The first-order valence-corrected chi connectivity index (χ1v) is 7.07. The number of halogens is 1. The second-order valence-corrected chi connectivity index (χ2v) is 4.96. The van der Waals surface area contributed by atoms with Crippen molar-refractivity contribution in [2.45, 2.75) is 13.8 Å². The lowest BCUT2D eigenvalue weighted by Gasteiger charge is -2.05. The molecule has 4 heteroatoms. The third kappa shape index (κ3) is 3.07. The van der Waals surface area contributed by atoms with Crippen molar-refractivity contribution in [3.8, 4) is 5.69 Å². The van der Waals surface area contributed by atoms with E-state index in [0.717, 1.165) is 16.7 Å². The number of rotatable bonds is 4. The van der Waals surface area contributed by atoms with E-state index in [1.54, 1.807) is 11.0 Å². The third-order valence-electron chi connectivity index (χ3n) is 2.73. The summed E-state index contributed by atoms with van der Waals surface area (Å²) >= 11 is 3.50. The Labute approximate surface area is 116 Å². The van der Waals surface area contributed by atoms with Gasteiger partial charge in [-0.3, -0.25) is 0 Å². The molecule has 0 fully saturated rings. The second kappa shape index (κ2) is 5.96. The Morgan fingerprint density at radius 3 is 2.67 bits per heavy atom. The van der Waals surface area contributed by atoms with Crippen LogP contribution in [0.15, 0.2) is 42.1 Å². The molecule has 0 bridgehead atoms. The van der Waals surface area contributed by atoms with Crippen LogP contribution in [0, 0.1) is 5.92 Å². The van der Waals surface area contributed by atoms with Gasteiger partial charge in [-0.15, -0.1) is 5.10 Å². The minimum absolute atomic E-state index is 0.506. The van der Waals surface area contributed by atoms with Crippen LogP contribution in [0.25, 0.3) is 11.8 Å². The Balaban J connectivity index is 2.26. The molecule has 1 aromatic carbocycles. The zero-order valence-electron chi connectivity index (χ0n) is 10.5. The number of alkyl halides is 1. The van der Waals surface area contributed by atoms with Crippen molar-refractivity contribution in [2.75, 3.05) is 5.33 Å². The quantitative estimate of drug-likeness (QED) is 0.806. The van der Waals surface area contributed by atoms with Crippen LogP contribution < -0.4 is 0 Å². The first kappa shape index (κ1) is 13.0. The number of hydrogen-bond donors (Lipinski definition) is 0. The first-order chi connectivity index (χ1) is 8.70. The van der Waals surface area contributed by atoms with Crippen molar-refractivity contribution in [3.05, 3.63) is 47.8 Å². The lowest BCUT2D eigenvalue weighted by Crippen LogP contribution is -1.98. The molecule has 0 saturated carbocycles. The molecule has 0 radical (unpaired) electrons. The number of nitrogens with zero attached hydrogens (tertiary/aromatic N) is 3. The average molecular weight is 306 g/mol. The van der Waals surface area contributed by atoms with Gasteiger partial charge in [0.1, 0.15) is 5.69 Å². The molecule has 0 N–H and O–H groups in total. The summed E-state index contributed by atoms with van der Waals surface area (Å²) in [5.41, 5.74) is 3.18. The maximum absolute atomic E-state index is 4.46. The maximum atomic E-state index is 4.46. The summed E-state index contributed by atoms with van der Waals surface area (Å²) < 4.78 is 0. The SMILES string of the molecule is CC(C)C(=Cc1cnn(-c2ccccc2)n1)CBr. The van der Waals surface area contributed by atoms with Crippen LogP contribution in [-0.2, 0) is 0 Å². The van der Waals surface area contributed by atoms with Crippen molar-refractivity contribution in [2.24, 2.45) is 5.92 Å². The maximum Gasteiger partial charge on any atom is 0.106 e. The Morgan fingerprint density at radius 1 is 1.33 bits per heavy atom. The molecular weight excluding hydrogens is 290 g/mol. The molecule has 1 heterocycles. The molecular formula is C14H16BrN3. The van der Waals surface area contributed by atoms with Crippen LogP contribution in [0.5, 0.6) is 0 Å². The summed E-state index contributed by atoms with van der Waals surface area (Å²) in [6.45, 7) is 4.35. The number of benzene rings is 1. The van der Waals surface area contributed by atoms with Gasteiger partial charge < -0.3 is 0 Å². The molecule has 0 unspecified atom stereocenters. The van der Waals surface area contributed by atoms with Gasteiger partial charge in [0.05, 0.1) is 11.9 Å². The molecule has 1 aromatic heterocycles. The summed E-state index contributed by atoms with van der Waals surface area (Å²) in [5, 5.41) is 9.60. The molecule has 2 aromatic rings. The highest BCUT2D eigenvalue weighted by molar-refractivity contribution is 9.09. The summed E-state index contributed by atoms with van der Waals surface area (Å²) in [7, 11) is 0. The van der Waals surface area contributed by atoms with E-state index in [1.807, 2.05) is 30.3 Å². The molecule has 0 saturated heterocycles. The average Bonchev–Trinajstić information content (AvgIpc) is 2.85. The monoisotopic (exact) mass is 305 g/mol. The van der Waals surface area contributed by atoms with Crippen LogP contribution in [-0.4, -0.2) is 20.3 Å². The molecule has 3 nitrogen and oxygen atoms in total. The third-order valence-corrected chi connectivity index (χ3v) is 3.37. The molecule has 0 aliphatic rings. The Bertz CT molecular complexity index is 529. The van der Waals surface area contributed by atoms with E-state index in [9.17, 15) is 0 Å². The fourth-order valence-electron chi connectivity index (χ4n) is 1.58. The largest absolute Gasteiger partial charge is 0.156 e. The lowest BCUT2D eigenvalue weighted by atomic mass is 10.0. The number of aromatic nitrogens is 3. The molecule has 0 aliphatic heterocycles. The van der Waals surface area contributed by atoms with Gasteiger partial charge in [0.2, 0.25) is 0 Å². The van der Waals surface area contributed by atoms with Crippen LogP contribution in [0.2, 0.25) is 0 Å². The Hall–Kier alpha value is -1.42. The first-order valence-electron chi connectivity index (χ1n) is 5.95. The fourth-order valence-corrected chi connectivity index (χ4v) is 2.39. The van der Waals surface area contributed by atoms with Gasteiger partial charge in [-0.2, -0.15) is 9.90 Å². The van der Waals surface area contributed by atoms with E-state index in [0.29, 0.717) is 5.92 Å². The molecule has 0 atom stereocenters. The normalized spacial score (nSPS) is 12.1. The van der Waals surface area contributed by atoms with Gasteiger partial charge in [-0.1, -0.05) is 53.5 Å². The number of para-hydroxylation sites is 1. The van der Waals surface area contributed by atoms with Gasteiger partial charge in [0.25, 0.3) is 0 Å². The molecule has 0 amide bonds. The Kier molecular flexibility index (Phi) is 4.31. The smallest absolute Gasteiger partial charge is 0.106 e. The summed E-state index contributed by atoms with van der Waals surface area (Å²) in [4.78, 5) is 1.65. The van der Waals surface area contributed by atoms with Crippen LogP contribution in [0.3, 0.4) is 0 Å². The van der Waals surface area contributed by atoms with Crippen molar-refractivity contribution in [1.82, 2.24) is 15.0 Å². The van der Waals surface area contributed by atoms with Gasteiger partial charge in [-0.25, -0.2) is 0 Å². The summed E-state index contributed by atoms with van der Waals surface area (Å²) in [6, 6.07) is 9.91. The highest BCUT2D eigenvalue weighted by Crippen LogP contribution is 2.16. The molecule has 0 spiro atoms. The highest BCUT2D eigenvalue weighted by atomic mass is 79.9. The van der Waals surface area contributed by atoms with E-state index >= 15 is 0 Å².